The Kier molecular flexibility index (Phi) is 6.47. The Bertz CT molecular complexity index is 1150. The van der Waals surface area contributed by atoms with Gasteiger partial charge in [-0.3, -0.25) is 9.69 Å². The molecule has 3 aliphatic heterocycles. The van der Waals surface area contributed by atoms with Crippen molar-refractivity contribution in [1.29, 1.82) is 0 Å². The molecule has 1 N–H and O–H groups in total. The van der Waals surface area contributed by atoms with E-state index < -0.39 is 0 Å². The average molecular weight is 476 g/mol. The van der Waals surface area contributed by atoms with Crippen LogP contribution in [-0.2, 0) is 4.79 Å². The second-order valence-electron chi connectivity index (χ2n) is 8.58. The summed E-state index contributed by atoms with van der Waals surface area (Å²) in [5, 5.41) is 7.12. The van der Waals surface area contributed by atoms with Crippen LogP contribution in [0.1, 0.15) is 11.1 Å². The van der Waals surface area contributed by atoms with Gasteiger partial charge in [-0.25, -0.2) is 0 Å². The lowest BCUT2D eigenvalue weighted by Crippen LogP contribution is -2.50. The van der Waals surface area contributed by atoms with Crippen molar-refractivity contribution in [3.63, 3.8) is 0 Å². The van der Waals surface area contributed by atoms with Gasteiger partial charge in [0.1, 0.15) is 6.17 Å². The molecule has 3 aliphatic rings. The van der Waals surface area contributed by atoms with E-state index in [9.17, 15) is 9.70 Å². The first-order chi connectivity index (χ1) is 16.6. The molecule has 1 atom stereocenters. The minimum atomic E-state index is -0.287. The fraction of sp³-hybridized carbons (Fsp3) is 0.269. The second-order valence-corrected chi connectivity index (χ2v) is 9.02. The Morgan fingerprint density at radius 1 is 1.00 bits per heavy atom. The zero-order valence-electron chi connectivity index (χ0n) is 18.7. The summed E-state index contributed by atoms with van der Waals surface area (Å²) in [6, 6.07) is 18.3. The van der Waals surface area contributed by atoms with Gasteiger partial charge in [0.2, 0.25) is 5.91 Å². The van der Waals surface area contributed by atoms with Crippen molar-refractivity contribution >= 4 is 28.8 Å². The molecule has 7 nitrogen and oxygen atoms in total. The Morgan fingerprint density at radius 2 is 1.74 bits per heavy atom. The molecule has 0 saturated carbocycles. The van der Waals surface area contributed by atoms with E-state index in [0.29, 0.717) is 18.1 Å². The van der Waals surface area contributed by atoms with E-state index >= 15 is 0 Å². The topological polar surface area (TPSA) is 68.2 Å². The third-order valence-corrected chi connectivity index (χ3v) is 6.72. The van der Waals surface area contributed by atoms with Crippen LogP contribution < -0.4 is 5.32 Å². The van der Waals surface area contributed by atoms with Gasteiger partial charge in [-0.1, -0.05) is 65.3 Å². The molecule has 1 saturated heterocycles. The molecule has 1 unspecified atom stereocenters. The van der Waals surface area contributed by atoms with Gasteiger partial charge >= 0.3 is 0 Å². The van der Waals surface area contributed by atoms with Crippen molar-refractivity contribution in [2.24, 2.45) is 5.18 Å². The molecule has 2 aromatic rings. The van der Waals surface area contributed by atoms with Crippen molar-refractivity contribution < 1.29 is 4.79 Å². The number of halogens is 1. The van der Waals surface area contributed by atoms with Gasteiger partial charge in [0.25, 0.3) is 0 Å². The fourth-order valence-corrected chi connectivity index (χ4v) is 4.76. The van der Waals surface area contributed by atoms with Gasteiger partial charge < -0.3 is 15.1 Å². The highest BCUT2D eigenvalue weighted by molar-refractivity contribution is 6.30. The van der Waals surface area contributed by atoms with E-state index in [-0.39, 0.29) is 18.6 Å². The van der Waals surface area contributed by atoms with Crippen LogP contribution in [-0.4, -0.2) is 66.0 Å². The van der Waals surface area contributed by atoms with Crippen molar-refractivity contribution in [3.8, 4) is 0 Å². The van der Waals surface area contributed by atoms with Gasteiger partial charge in [-0.05, 0) is 34.9 Å². The number of piperazine rings is 1. The van der Waals surface area contributed by atoms with E-state index in [1.807, 2.05) is 30.3 Å². The largest absolute Gasteiger partial charge is 0.360 e. The van der Waals surface area contributed by atoms with Crippen LogP contribution in [0.5, 0.6) is 0 Å². The fourth-order valence-electron chi connectivity index (χ4n) is 4.64. The third kappa shape index (κ3) is 4.62. The minimum absolute atomic E-state index is 0.0367. The molecule has 0 radical (unpaired) electrons. The summed E-state index contributed by atoms with van der Waals surface area (Å²) in [6.45, 7) is 3.13. The van der Waals surface area contributed by atoms with E-state index in [4.69, 9.17) is 11.6 Å². The van der Waals surface area contributed by atoms with Crippen LogP contribution in [0.25, 0.3) is 11.3 Å². The number of amides is 1. The predicted octanol–water partition coefficient (Wildman–Crippen LogP) is 3.76. The minimum Gasteiger partial charge on any atom is -0.360 e. The quantitative estimate of drug-likeness (QED) is 0.644. The molecule has 2 aromatic carbocycles. The smallest absolute Gasteiger partial charge is 0.247 e. The molecule has 0 aliphatic carbocycles. The lowest BCUT2D eigenvalue weighted by Gasteiger charge is -2.36. The summed E-state index contributed by atoms with van der Waals surface area (Å²) in [6.07, 6.45) is 6.60. The molecule has 174 valence electrons. The Morgan fingerprint density at radius 3 is 2.44 bits per heavy atom. The Labute approximate surface area is 204 Å². The second kappa shape index (κ2) is 9.83. The number of nitrogens with one attached hydrogen (secondary N) is 1. The molecule has 0 aromatic heterocycles. The highest BCUT2D eigenvalue weighted by Crippen LogP contribution is 2.34. The molecule has 5 rings (SSSR count). The number of allylic oxidation sites excluding steroid dienone is 2. The summed E-state index contributed by atoms with van der Waals surface area (Å²) >= 11 is 6.15. The van der Waals surface area contributed by atoms with Crippen molar-refractivity contribution in [2.75, 3.05) is 39.3 Å². The lowest BCUT2D eigenvalue weighted by molar-refractivity contribution is -0.131. The first kappa shape index (κ1) is 22.4. The van der Waals surface area contributed by atoms with Crippen LogP contribution in [0.4, 0.5) is 0 Å². The molecule has 34 heavy (non-hydrogen) atoms. The number of carbonyl (C=O) groups is 1. The first-order valence-corrected chi connectivity index (χ1v) is 11.8. The summed E-state index contributed by atoms with van der Waals surface area (Å²) in [5.74, 6) is -0.199. The zero-order chi connectivity index (χ0) is 23.5. The highest BCUT2D eigenvalue weighted by Gasteiger charge is 2.33. The molecule has 1 fully saturated rings. The van der Waals surface area contributed by atoms with Gasteiger partial charge in [-0.2, -0.15) is 4.91 Å². The van der Waals surface area contributed by atoms with Crippen LogP contribution in [0.2, 0.25) is 5.02 Å². The van der Waals surface area contributed by atoms with Gasteiger partial charge in [0.05, 0.1) is 11.4 Å². The maximum Gasteiger partial charge on any atom is 0.247 e. The van der Waals surface area contributed by atoms with Crippen LogP contribution in [0, 0.1) is 4.91 Å². The molecule has 0 bridgehead atoms. The summed E-state index contributed by atoms with van der Waals surface area (Å²) in [7, 11) is 0. The monoisotopic (exact) mass is 475 g/mol. The number of nitroso groups, excluding NO2 is 1. The van der Waals surface area contributed by atoms with Crippen LogP contribution in [0.15, 0.2) is 83.8 Å². The molecular weight excluding hydrogens is 450 g/mol. The maximum atomic E-state index is 12.0. The maximum absolute atomic E-state index is 12.0. The molecular formula is C26H26ClN5O2. The number of fused-ring (bicyclic) bond motifs is 1. The number of rotatable bonds is 6. The van der Waals surface area contributed by atoms with E-state index in [1.54, 1.807) is 4.90 Å². The summed E-state index contributed by atoms with van der Waals surface area (Å²) in [5.41, 5.74) is 5.68. The van der Waals surface area contributed by atoms with Crippen molar-refractivity contribution in [3.05, 3.63) is 99.7 Å². The molecule has 8 heteroatoms. The van der Waals surface area contributed by atoms with Gasteiger partial charge in [0.15, 0.2) is 6.54 Å². The molecule has 3 heterocycles. The first-order valence-electron chi connectivity index (χ1n) is 11.4. The van der Waals surface area contributed by atoms with Crippen LogP contribution in [0.3, 0.4) is 0 Å². The normalized spacial score (nSPS) is 20.1. The third-order valence-electron chi connectivity index (χ3n) is 6.47. The Hall–Kier alpha value is -3.42. The number of nitrogens with zero attached hydrogens (tertiary/aromatic N) is 4. The zero-order valence-corrected chi connectivity index (χ0v) is 19.5. The van der Waals surface area contributed by atoms with Crippen molar-refractivity contribution in [1.82, 2.24) is 20.0 Å². The number of carbonyl (C=O) groups excluding carboxylic acids is 1. The highest BCUT2D eigenvalue weighted by atomic mass is 35.5. The van der Waals surface area contributed by atoms with Gasteiger partial charge in [-0.15, -0.1) is 0 Å². The summed E-state index contributed by atoms with van der Waals surface area (Å²) in [4.78, 5) is 28.9. The van der Waals surface area contributed by atoms with E-state index in [2.05, 4.69) is 62.9 Å². The molecule has 0 spiro atoms. The number of hydrogen-bond donors (Lipinski definition) is 1. The van der Waals surface area contributed by atoms with Crippen LogP contribution >= 0.6 is 11.6 Å². The number of hydrogen-bond acceptors (Lipinski definition) is 6. The van der Waals surface area contributed by atoms with E-state index in [0.717, 1.165) is 36.5 Å². The van der Waals surface area contributed by atoms with Crippen molar-refractivity contribution in [2.45, 2.75) is 6.17 Å². The number of benzene rings is 2. The lowest BCUT2D eigenvalue weighted by atomic mass is 10.0. The Balaban J connectivity index is 1.42. The molecule has 1 amide bonds. The standard InChI is InChI=1S/C26H26ClN5O2/c27-22-9-6-20(7-10-22)26-23(18-30-12-14-31(15-13-30)25(33)16-28-34)32-17-21(8-11-24(32)29-26)19-4-2-1-3-5-19/h1-11,17,24,29H,12-16,18H2. The average Bonchev–Trinajstić information content (AvgIpc) is 3.23. The van der Waals surface area contributed by atoms with E-state index in [1.165, 1.54) is 11.3 Å². The summed E-state index contributed by atoms with van der Waals surface area (Å²) < 4.78 is 0. The predicted molar refractivity (Wildman–Crippen MR) is 134 cm³/mol. The SMILES string of the molecule is O=NCC(=O)N1CCN(CC2=C(c3ccc(Cl)cc3)NC3C=CC(c4ccccc4)=CN23)CC1. The van der Waals surface area contributed by atoms with Gasteiger partial charge in [0, 0.05) is 43.9 Å².